The van der Waals surface area contributed by atoms with Gasteiger partial charge in [0.15, 0.2) is 11.5 Å². The predicted octanol–water partition coefficient (Wildman–Crippen LogP) is -0.780. The first-order valence-electron chi connectivity index (χ1n) is 6.11. The van der Waals surface area contributed by atoms with Gasteiger partial charge in [-0.2, -0.15) is 0 Å². The molecule has 0 aromatic carbocycles. The van der Waals surface area contributed by atoms with Crippen LogP contribution in [0.25, 0.3) is 0 Å². The first-order valence-corrected chi connectivity index (χ1v) is 6.11. The maximum absolute atomic E-state index is 8.71. The van der Waals surface area contributed by atoms with Gasteiger partial charge in [0, 0.05) is 38.1 Å². The minimum absolute atomic E-state index is 0.0727. The lowest BCUT2D eigenvalue weighted by Gasteiger charge is -2.24. The van der Waals surface area contributed by atoms with Crippen LogP contribution in [0.3, 0.4) is 0 Å². The molecule has 1 rings (SSSR count). The Balaban J connectivity index is 2.56. The first kappa shape index (κ1) is 15.0. The first-order chi connectivity index (χ1) is 8.69. The molecule has 0 heterocycles. The third-order valence-corrected chi connectivity index (χ3v) is 2.49. The van der Waals surface area contributed by atoms with Gasteiger partial charge < -0.3 is 31.2 Å². The van der Waals surface area contributed by atoms with Gasteiger partial charge in [0.25, 0.3) is 0 Å². The summed E-state index contributed by atoms with van der Waals surface area (Å²) in [5.41, 5.74) is 11.6. The molecule has 0 saturated heterocycles. The summed E-state index contributed by atoms with van der Waals surface area (Å²) in [6, 6.07) is -0.612. The fourth-order valence-electron chi connectivity index (χ4n) is 1.47. The summed E-state index contributed by atoms with van der Waals surface area (Å²) in [6.45, 7) is 0.933. The van der Waals surface area contributed by atoms with Gasteiger partial charge in [-0.25, -0.2) is 0 Å². The molecule has 104 valence electrons. The zero-order valence-corrected chi connectivity index (χ0v) is 10.4. The molecule has 0 radical (unpaired) electrons. The summed E-state index contributed by atoms with van der Waals surface area (Å²) in [5.74, 6) is 1.10. The Morgan fingerprint density at radius 3 is 1.61 bits per heavy atom. The summed E-state index contributed by atoms with van der Waals surface area (Å²) in [5, 5.41) is 17.4. The second kappa shape index (κ2) is 8.10. The highest BCUT2D eigenvalue weighted by molar-refractivity contribution is 5.30. The number of hydrogen-bond acceptors (Lipinski definition) is 6. The van der Waals surface area contributed by atoms with Gasteiger partial charge in [-0.3, -0.25) is 0 Å². The van der Waals surface area contributed by atoms with E-state index in [1.165, 1.54) is 0 Å². The van der Waals surface area contributed by atoms with Crippen molar-refractivity contribution in [3.05, 3.63) is 23.7 Å². The van der Waals surface area contributed by atoms with Gasteiger partial charge in [-0.1, -0.05) is 0 Å². The van der Waals surface area contributed by atoms with E-state index < -0.39 is 0 Å². The molecular formula is C12H22N2O4. The summed E-state index contributed by atoms with van der Waals surface area (Å²) >= 11 is 0. The van der Waals surface area contributed by atoms with E-state index in [1.54, 1.807) is 12.2 Å². The van der Waals surface area contributed by atoms with Crippen LogP contribution >= 0.6 is 0 Å². The average molecular weight is 258 g/mol. The number of hydrogen-bond donors (Lipinski definition) is 4. The van der Waals surface area contributed by atoms with Crippen LogP contribution < -0.4 is 11.5 Å². The molecule has 18 heavy (non-hydrogen) atoms. The van der Waals surface area contributed by atoms with Crippen molar-refractivity contribution in [3.63, 3.8) is 0 Å². The normalized spacial score (nSPS) is 23.3. The van der Waals surface area contributed by atoms with Crippen molar-refractivity contribution in [2.45, 2.75) is 24.9 Å². The number of ether oxygens (including phenoxy) is 2. The van der Waals surface area contributed by atoms with Gasteiger partial charge in [0.1, 0.15) is 0 Å². The van der Waals surface area contributed by atoms with Crippen molar-refractivity contribution in [2.24, 2.45) is 11.5 Å². The van der Waals surface area contributed by atoms with Crippen LogP contribution in [0.15, 0.2) is 23.7 Å². The molecule has 1 aliphatic carbocycles. The highest BCUT2D eigenvalue weighted by Crippen LogP contribution is 2.20. The zero-order chi connectivity index (χ0) is 13.4. The molecule has 0 saturated carbocycles. The lowest BCUT2D eigenvalue weighted by molar-refractivity contribution is 0.125. The van der Waals surface area contributed by atoms with E-state index >= 15 is 0 Å². The SMILES string of the molecule is NC1C=C(OCCCO)C(OCCCO)=CC1N. The van der Waals surface area contributed by atoms with Crippen LogP contribution in [0.2, 0.25) is 0 Å². The standard InChI is InChI=1S/C12H22N2O4/c13-9-7-11(17-5-1-3-15)12(8-10(9)14)18-6-2-4-16/h7-10,15-16H,1-6,13-14H2. The van der Waals surface area contributed by atoms with Crippen LogP contribution in [0.1, 0.15) is 12.8 Å². The number of rotatable bonds is 8. The van der Waals surface area contributed by atoms with Gasteiger partial charge in [0.2, 0.25) is 0 Å². The van der Waals surface area contributed by atoms with E-state index in [-0.39, 0.29) is 25.3 Å². The third kappa shape index (κ3) is 4.66. The van der Waals surface area contributed by atoms with Crippen LogP contribution in [-0.2, 0) is 9.47 Å². The molecule has 2 atom stereocenters. The molecule has 0 bridgehead atoms. The van der Waals surface area contributed by atoms with Crippen LogP contribution in [-0.4, -0.2) is 48.7 Å². The number of aliphatic hydroxyl groups excluding tert-OH is 2. The van der Waals surface area contributed by atoms with Gasteiger partial charge in [-0.15, -0.1) is 0 Å². The third-order valence-electron chi connectivity index (χ3n) is 2.49. The van der Waals surface area contributed by atoms with Gasteiger partial charge >= 0.3 is 0 Å². The molecule has 6 heteroatoms. The largest absolute Gasteiger partial charge is 0.490 e. The summed E-state index contributed by atoms with van der Waals surface area (Å²) in [7, 11) is 0. The number of nitrogens with two attached hydrogens (primary N) is 2. The lowest BCUT2D eigenvalue weighted by atomic mass is 10.0. The Morgan fingerprint density at radius 1 is 0.889 bits per heavy atom. The van der Waals surface area contributed by atoms with E-state index in [0.29, 0.717) is 37.6 Å². The minimum atomic E-state index is -0.306. The van der Waals surface area contributed by atoms with Crippen molar-refractivity contribution in [1.82, 2.24) is 0 Å². The van der Waals surface area contributed by atoms with Crippen LogP contribution in [0.4, 0.5) is 0 Å². The van der Waals surface area contributed by atoms with Crippen molar-refractivity contribution < 1.29 is 19.7 Å². The highest BCUT2D eigenvalue weighted by atomic mass is 16.5. The molecule has 6 N–H and O–H groups in total. The van der Waals surface area contributed by atoms with E-state index in [1.807, 2.05) is 0 Å². The Bertz CT molecular complexity index is 274. The van der Waals surface area contributed by atoms with Gasteiger partial charge in [-0.05, 0) is 12.2 Å². The van der Waals surface area contributed by atoms with E-state index in [9.17, 15) is 0 Å². The van der Waals surface area contributed by atoms with Crippen LogP contribution in [0, 0.1) is 0 Å². The molecule has 6 nitrogen and oxygen atoms in total. The van der Waals surface area contributed by atoms with E-state index in [2.05, 4.69) is 0 Å². The molecule has 0 fully saturated rings. The smallest absolute Gasteiger partial charge is 0.158 e. The second-order valence-electron chi connectivity index (χ2n) is 4.07. The minimum Gasteiger partial charge on any atom is -0.490 e. The fourth-order valence-corrected chi connectivity index (χ4v) is 1.47. The Kier molecular flexibility index (Phi) is 6.74. The molecular weight excluding hydrogens is 236 g/mol. The monoisotopic (exact) mass is 258 g/mol. The summed E-state index contributed by atoms with van der Waals surface area (Å²) < 4.78 is 11.0. The van der Waals surface area contributed by atoms with Crippen LogP contribution in [0.5, 0.6) is 0 Å². The average Bonchev–Trinajstić information content (AvgIpc) is 2.35. The lowest BCUT2D eigenvalue weighted by Crippen LogP contribution is -2.41. The molecule has 0 aromatic rings. The summed E-state index contributed by atoms with van der Waals surface area (Å²) in [6.07, 6.45) is 4.53. The molecule has 0 spiro atoms. The summed E-state index contributed by atoms with van der Waals surface area (Å²) in [4.78, 5) is 0. The maximum Gasteiger partial charge on any atom is 0.158 e. The van der Waals surface area contributed by atoms with Crippen molar-refractivity contribution in [1.29, 1.82) is 0 Å². The molecule has 0 aliphatic heterocycles. The second-order valence-corrected chi connectivity index (χ2v) is 4.07. The van der Waals surface area contributed by atoms with Gasteiger partial charge in [0.05, 0.1) is 13.2 Å². The molecule has 1 aliphatic rings. The molecule has 0 amide bonds. The maximum atomic E-state index is 8.71. The molecule has 0 aromatic heterocycles. The predicted molar refractivity (Wildman–Crippen MR) is 67.4 cm³/mol. The van der Waals surface area contributed by atoms with Crippen molar-refractivity contribution in [2.75, 3.05) is 26.4 Å². The van der Waals surface area contributed by atoms with E-state index in [0.717, 1.165) is 0 Å². The Labute approximate surface area is 107 Å². The van der Waals surface area contributed by atoms with Crippen molar-refractivity contribution >= 4 is 0 Å². The van der Waals surface area contributed by atoms with E-state index in [4.69, 9.17) is 31.2 Å². The Hall–Kier alpha value is -1.08. The van der Waals surface area contributed by atoms with Crippen molar-refractivity contribution in [3.8, 4) is 0 Å². The molecule has 2 unspecified atom stereocenters. The Morgan fingerprint density at radius 2 is 1.28 bits per heavy atom. The topological polar surface area (TPSA) is 111 Å². The zero-order valence-electron chi connectivity index (χ0n) is 10.4. The highest BCUT2D eigenvalue weighted by Gasteiger charge is 2.21. The quantitative estimate of drug-likeness (QED) is 0.425. The number of aliphatic hydroxyl groups is 2. The fraction of sp³-hybridized carbons (Fsp3) is 0.667.